The van der Waals surface area contributed by atoms with E-state index in [1.54, 1.807) is 0 Å². The van der Waals surface area contributed by atoms with Crippen LogP contribution in [0, 0.1) is 5.82 Å². The summed E-state index contributed by atoms with van der Waals surface area (Å²) >= 11 is 3.11. The van der Waals surface area contributed by atoms with Crippen LogP contribution in [0.2, 0.25) is 0 Å². The zero-order valence-electron chi connectivity index (χ0n) is 7.82. The first-order valence-electron chi connectivity index (χ1n) is 4.48. The molecule has 4 nitrogen and oxygen atoms in total. The molecule has 0 aliphatic carbocycles. The largest absolute Gasteiger partial charge is 0.468 e. The minimum absolute atomic E-state index is 0.0378. The molecule has 2 heterocycles. The van der Waals surface area contributed by atoms with Crippen molar-refractivity contribution in [2.24, 2.45) is 5.73 Å². The zero-order valence-corrected chi connectivity index (χ0v) is 9.41. The summed E-state index contributed by atoms with van der Waals surface area (Å²) in [5.74, 6) is -0.548. The number of pyridine rings is 1. The maximum absolute atomic E-state index is 13.3. The van der Waals surface area contributed by atoms with Gasteiger partial charge in [0.15, 0.2) is 5.82 Å². The third-order valence-corrected chi connectivity index (χ3v) is 2.54. The molecule has 1 aliphatic rings. The molecule has 0 amide bonds. The van der Waals surface area contributed by atoms with Gasteiger partial charge in [0.25, 0.3) is 5.88 Å². The molecule has 0 radical (unpaired) electrons. The predicted molar refractivity (Wildman–Crippen MR) is 55.1 cm³/mol. The van der Waals surface area contributed by atoms with Crippen molar-refractivity contribution >= 4 is 15.9 Å². The van der Waals surface area contributed by atoms with Crippen molar-refractivity contribution in [3.63, 3.8) is 0 Å². The molecule has 2 unspecified atom stereocenters. The molecule has 0 aromatic carbocycles. The molecule has 0 saturated carbocycles. The van der Waals surface area contributed by atoms with Crippen LogP contribution < -0.4 is 10.5 Å². The maximum Gasteiger partial charge on any atom is 0.250 e. The van der Waals surface area contributed by atoms with Gasteiger partial charge in [0, 0.05) is 10.7 Å². The summed E-state index contributed by atoms with van der Waals surface area (Å²) in [6.45, 7) is 0.807. The van der Waals surface area contributed by atoms with Gasteiger partial charge in [-0.05, 0) is 22.0 Å². The topological polar surface area (TPSA) is 57.4 Å². The second kappa shape index (κ2) is 4.42. The first-order valence-corrected chi connectivity index (χ1v) is 5.27. The Morgan fingerprint density at radius 1 is 1.60 bits per heavy atom. The molecule has 0 bridgehead atoms. The van der Waals surface area contributed by atoms with Crippen LogP contribution in [-0.4, -0.2) is 30.3 Å². The standard InChI is InChI=1S/C9H10BrFN2O2/c10-5-1-6(11)9(13-2-5)15-8-4-14-3-7(8)12/h1-2,7-8H,3-4,12H2. The van der Waals surface area contributed by atoms with E-state index in [2.05, 4.69) is 20.9 Å². The number of nitrogens with zero attached hydrogens (tertiary/aromatic N) is 1. The smallest absolute Gasteiger partial charge is 0.250 e. The Morgan fingerprint density at radius 3 is 3.00 bits per heavy atom. The second-order valence-corrected chi connectivity index (χ2v) is 4.21. The van der Waals surface area contributed by atoms with Crippen LogP contribution in [0.25, 0.3) is 0 Å². The average molecular weight is 277 g/mol. The first kappa shape index (κ1) is 10.8. The quantitative estimate of drug-likeness (QED) is 0.879. The molecule has 1 saturated heterocycles. The molecular weight excluding hydrogens is 267 g/mol. The maximum atomic E-state index is 13.3. The Hall–Kier alpha value is -0.720. The highest BCUT2D eigenvalue weighted by atomic mass is 79.9. The van der Waals surface area contributed by atoms with Crippen molar-refractivity contribution in [3.8, 4) is 5.88 Å². The Kier molecular flexibility index (Phi) is 3.18. The van der Waals surface area contributed by atoms with Gasteiger partial charge < -0.3 is 15.2 Å². The van der Waals surface area contributed by atoms with Crippen molar-refractivity contribution in [1.82, 2.24) is 4.98 Å². The molecule has 0 spiro atoms. The number of halogens is 2. The van der Waals surface area contributed by atoms with Gasteiger partial charge in [-0.2, -0.15) is 0 Å². The summed E-state index contributed by atoms with van der Waals surface area (Å²) in [6.07, 6.45) is 1.15. The highest BCUT2D eigenvalue weighted by Gasteiger charge is 2.27. The lowest BCUT2D eigenvalue weighted by atomic mass is 10.2. The van der Waals surface area contributed by atoms with Crippen molar-refractivity contribution in [2.75, 3.05) is 13.2 Å². The van der Waals surface area contributed by atoms with Gasteiger partial charge in [0.1, 0.15) is 6.10 Å². The van der Waals surface area contributed by atoms with Crippen molar-refractivity contribution < 1.29 is 13.9 Å². The lowest BCUT2D eigenvalue weighted by molar-refractivity contribution is 0.133. The Balaban J connectivity index is 2.10. The minimum atomic E-state index is -0.511. The van der Waals surface area contributed by atoms with Crippen molar-refractivity contribution in [2.45, 2.75) is 12.1 Å². The third kappa shape index (κ3) is 2.45. The van der Waals surface area contributed by atoms with E-state index in [0.717, 1.165) is 0 Å². The van der Waals surface area contributed by atoms with Crippen LogP contribution >= 0.6 is 15.9 Å². The van der Waals surface area contributed by atoms with E-state index in [1.165, 1.54) is 12.3 Å². The predicted octanol–water partition coefficient (Wildman–Crippen LogP) is 1.09. The van der Waals surface area contributed by atoms with E-state index in [0.29, 0.717) is 17.7 Å². The van der Waals surface area contributed by atoms with Gasteiger partial charge in [-0.25, -0.2) is 9.37 Å². The van der Waals surface area contributed by atoms with Crippen LogP contribution in [0.5, 0.6) is 5.88 Å². The summed E-state index contributed by atoms with van der Waals surface area (Å²) in [5, 5.41) is 0. The molecule has 82 valence electrons. The zero-order chi connectivity index (χ0) is 10.8. The number of nitrogens with two attached hydrogens (primary N) is 1. The molecule has 6 heteroatoms. The summed E-state index contributed by atoms with van der Waals surface area (Å²) in [7, 11) is 0. The molecule has 1 fully saturated rings. The monoisotopic (exact) mass is 276 g/mol. The van der Waals surface area contributed by atoms with Gasteiger partial charge in [-0.1, -0.05) is 0 Å². The summed E-state index contributed by atoms with van der Waals surface area (Å²) in [6, 6.07) is 1.07. The lowest BCUT2D eigenvalue weighted by Gasteiger charge is -2.15. The van der Waals surface area contributed by atoms with Gasteiger partial charge >= 0.3 is 0 Å². The molecule has 1 aliphatic heterocycles. The van der Waals surface area contributed by atoms with Crippen molar-refractivity contribution in [3.05, 3.63) is 22.6 Å². The highest BCUT2D eigenvalue weighted by molar-refractivity contribution is 9.10. The lowest BCUT2D eigenvalue weighted by Crippen LogP contribution is -2.37. The molecule has 2 atom stereocenters. The molecule has 15 heavy (non-hydrogen) atoms. The van der Waals surface area contributed by atoms with E-state index in [1.807, 2.05) is 0 Å². The normalized spacial score (nSPS) is 25.5. The Morgan fingerprint density at radius 2 is 2.40 bits per heavy atom. The van der Waals surface area contributed by atoms with Crippen LogP contribution in [0.1, 0.15) is 0 Å². The van der Waals surface area contributed by atoms with Crippen LogP contribution in [0.3, 0.4) is 0 Å². The number of hydrogen-bond acceptors (Lipinski definition) is 4. The van der Waals surface area contributed by atoms with E-state index in [9.17, 15) is 4.39 Å². The van der Waals surface area contributed by atoms with E-state index in [-0.39, 0.29) is 18.0 Å². The summed E-state index contributed by atoms with van der Waals surface area (Å²) < 4.78 is 24.3. The van der Waals surface area contributed by atoms with Gasteiger partial charge in [0.2, 0.25) is 0 Å². The minimum Gasteiger partial charge on any atom is -0.468 e. The van der Waals surface area contributed by atoms with E-state index in [4.69, 9.17) is 15.2 Å². The molecule has 1 aromatic rings. The Labute approximate surface area is 94.7 Å². The third-order valence-electron chi connectivity index (χ3n) is 2.11. The fraction of sp³-hybridized carbons (Fsp3) is 0.444. The highest BCUT2D eigenvalue weighted by Crippen LogP contribution is 2.20. The number of ether oxygens (including phenoxy) is 2. The van der Waals surface area contributed by atoms with Crippen molar-refractivity contribution in [1.29, 1.82) is 0 Å². The summed E-state index contributed by atoms with van der Waals surface area (Å²) in [5.41, 5.74) is 5.70. The van der Waals surface area contributed by atoms with E-state index < -0.39 is 5.82 Å². The SMILES string of the molecule is NC1COCC1Oc1ncc(Br)cc1F. The first-order chi connectivity index (χ1) is 7.16. The fourth-order valence-electron chi connectivity index (χ4n) is 1.30. The van der Waals surface area contributed by atoms with Gasteiger partial charge in [-0.15, -0.1) is 0 Å². The summed E-state index contributed by atoms with van der Waals surface area (Å²) in [4.78, 5) is 3.82. The second-order valence-electron chi connectivity index (χ2n) is 3.30. The molecule has 1 aromatic heterocycles. The van der Waals surface area contributed by atoms with Crippen LogP contribution in [0.15, 0.2) is 16.7 Å². The molecule has 2 N–H and O–H groups in total. The molecular formula is C9H10BrFN2O2. The molecule has 2 rings (SSSR count). The van der Waals surface area contributed by atoms with Gasteiger partial charge in [-0.3, -0.25) is 0 Å². The van der Waals surface area contributed by atoms with Crippen LogP contribution in [0.4, 0.5) is 4.39 Å². The number of aromatic nitrogens is 1. The fourth-order valence-corrected chi connectivity index (χ4v) is 1.61. The van der Waals surface area contributed by atoms with Gasteiger partial charge in [0.05, 0.1) is 19.3 Å². The number of hydrogen-bond donors (Lipinski definition) is 1. The Bertz CT molecular complexity index is 364. The van der Waals surface area contributed by atoms with E-state index >= 15 is 0 Å². The number of rotatable bonds is 2. The average Bonchev–Trinajstić information content (AvgIpc) is 2.57. The van der Waals surface area contributed by atoms with Crippen LogP contribution in [-0.2, 0) is 4.74 Å².